The number of thiazole rings is 1. The van der Waals surface area contributed by atoms with E-state index in [4.69, 9.17) is 9.47 Å². The lowest BCUT2D eigenvalue weighted by Gasteiger charge is -2.06. The van der Waals surface area contributed by atoms with Gasteiger partial charge in [0.2, 0.25) is 0 Å². The summed E-state index contributed by atoms with van der Waals surface area (Å²) in [4.78, 5) is 28.0. The zero-order valence-electron chi connectivity index (χ0n) is 15.2. The highest BCUT2D eigenvalue weighted by Crippen LogP contribution is 2.25. The molecule has 9 heteroatoms. The predicted molar refractivity (Wildman–Crippen MR) is 106 cm³/mol. The van der Waals surface area contributed by atoms with Crippen LogP contribution in [0.5, 0.6) is 11.5 Å². The van der Waals surface area contributed by atoms with Gasteiger partial charge in [-0.3, -0.25) is 14.9 Å². The van der Waals surface area contributed by atoms with E-state index in [0.29, 0.717) is 33.1 Å². The Bertz CT molecular complexity index is 1120. The molecular formula is C19H17N3O5S. The van der Waals surface area contributed by atoms with Crippen molar-refractivity contribution < 1.29 is 19.2 Å². The molecule has 0 radical (unpaired) electrons. The number of allylic oxidation sites excluding steroid dienone is 1. The minimum Gasteiger partial charge on any atom is -0.497 e. The molecule has 1 heterocycles. The SMILES string of the molecule is C=CCn1c(=NC(=O)c2cc(OC)cc(OC)c2)sc2cc([N+](=O)[O-])ccc21. The summed E-state index contributed by atoms with van der Waals surface area (Å²) in [6.07, 6.45) is 1.67. The van der Waals surface area contributed by atoms with E-state index in [1.165, 1.54) is 37.7 Å². The Labute approximate surface area is 164 Å². The summed E-state index contributed by atoms with van der Waals surface area (Å²) in [6.45, 7) is 4.14. The average Bonchev–Trinajstić information content (AvgIpc) is 3.04. The third-order valence-electron chi connectivity index (χ3n) is 3.98. The number of carbonyl (C=O) groups is 1. The summed E-state index contributed by atoms with van der Waals surface area (Å²) in [6, 6.07) is 9.35. The number of aromatic nitrogens is 1. The summed E-state index contributed by atoms with van der Waals surface area (Å²) < 4.78 is 12.8. The molecule has 0 saturated carbocycles. The maximum Gasteiger partial charge on any atom is 0.279 e. The quantitative estimate of drug-likeness (QED) is 0.359. The average molecular weight is 399 g/mol. The second-order valence-corrected chi connectivity index (χ2v) is 6.72. The van der Waals surface area contributed by atoms with Gasteiger partial charge in [0.15, 0.2) is 4.80 Å². The fourth-order valence-corrected chi connectivity index (χ4v) is 3.72. The van der Waals surface area contributed by atoms with Gasteiger partial charge in [-0.25, -0.2) is 0 Å². The van der Waals surface area contributed by atoms with Crippen LogP contribution in [-0.4, -0.2) is 29.6 Å². The van der Waals surface area contributed by atoms with Crippen molar-refractivity contribution in [3.63, 3.8) is 0 Å². The van der Waals surface area contributed by atoms with Gasteiger partial charge in [0, 0.05) is 30.3 Å². The Balaban J connectivity index is 2.14. The molecule has 0 aliphatic carbocycles. The van der Waals surface area contributed by atoms with Gasteiger partial charge in [0.05, 0.1) is 29.4 Å². The molecule has 0 saturated heterocycles. The fraction of sp³-hybridized carbons (Fsp3) is 0.158. The van der Waals surface area contributed by atoms with E-state index in [1.54, 1.807) is 34.9 Å². The first kappa shape index (κ1) is 19.3. The van der Waals surface area contributed by atoms with E-state index in [9.17, 15) is 14.9 Å². The van der Waals surface area contributed by atoms with Crippen molar-refractivity contribution in [1.29, 1.82) is 0 Å². The summed E-state index contributed by atoms with van der Waals surface area (Å²) in [7, 11) is 2.99. The van der Waals surface area contributed by atoms with Crippen LogP contribution in [-0.2, 0) is 6.54 Å². The third-order valence-corrected chi connectivity index (χ3v) is 5.03. The van der Waals surface area contributed by atoms with Gasteiger partial charge in [-0.15, -0.1) is 6.58 Å². The molecule has 0 aliphatic rings. The number of nitro groups is 1. The number of rotatable bonds is 6. The lowest BCUT2D eigenvalue weighted by atomic mass is 10.2. The van der Waals surface area contributed by atoms with E-state index < -0.39 is 10.8 Å². The number of nitro benzene ring substituents is 1. The molecular weight excluding hydrogens is 382 g/mol. The van der Waals surface area contributed by atoms with Crippen LogP contribution in [0.1, 0.15) is 10.4 Å². The van der Waals surface area contributed by atoms with E-state index in [0.717, 1.165) is 5.52 Å². The van der Waals surface area contributed by atoms with E-state index in [1.807, 2.05) is 0 Å². The Morgan fingerprint density at radius 2 is 1.93 bits per heavy atom. The summed E-state index contributed by atoms with van der Waals surface area (Å²) in [5.41, 5.74) is 1.03. The highest BCUT2D eigenvalue weighted by molar-refractivity contribution is 7.16. The lowest BCUT2D eigenvalue weighted by Crippen LogP contribution is -2.16. The smallest absolute Gasteiger partial charge is 0.279 e. The van der Waals surface area contributed by atoms with Gasteiger partial charge in [0.1, 0.15) is 11.5 Å². The first-order chi connectivity index (χ1) is 13.5. The van der Waals surface area contributed by atoms with Crippen LogP contribution in [0.4, 0.5) is 5.69 Å². The minimum atomic E-state index is -0.476. The normalized spacial score (nSPS) is 11.4. The molecule has 0 atom stereocenters. The van der Waals surface area contributed by atoms with Crippen LogP contribution in [0.3, 0.4) is 0 Å². The maximum atomic E-state index is 12.7. The first-order valence-corrected chi connectivity index (χ1v) is 8.99. The molecule has 0 unspecified atom stereocenters. The van der Waals surface area contributed by atoms with Gasteiger partial charge in [-0.1, -0.05) is 17.4 Å². The zero-order valence-corrected chi connectivity index (χ0v) is 16.1. The van der Waals surface area contributed by atoms with Gasteiger partial charge < -0.3 is 14.0 Å². The summed E-state index contributed by atoms with van der Waals surface area (Å²) >= 11 is 1.20. The molecule has 28 heavy (non-hydrogen) atoms. The number of hydrogen-bond donors (Lipinski definition) is 0. The molecule has 3 rings (SSSR count). The number of methoxy groups -OCH3 is 2. The number of non-ortho nitro benzene ring substituents is 1. The molecule has 1 amide bonds. The molecule has 1 aromatic heterocycles. The number of ether oxygens (including phenoxy) is 2. The summed E-state index contributed by atoms with van der Waals surface area (Å²) in [5.74, 6) is 0.476. The van der Waals surface area contributed by atoms with Crippen molar-refractivity contribution >= 4 is 33.1 Å². The van der Waals surface area contributed by atoms with Crippen molar-refractivity contribution in [2.45, 2.75) is 6.54 Å². The fourth-order valence-electron chi connectivity index (χ4n) is 2.65. The number of fused-ring (bicyclic) bond motifs is 1. The number of nitrogens with zero attached hydrogens (tertiary/aromatic N) is 3. The second-order valence-electron chi connectivity index (χ2n) is 5.71. The first-order valence-electron chi connectivity index (χ1n) is 8.17. The zero-order chi connectivity index (χ0) is 20.3. The van der Waals surface area contributed by atoms with Crippen molar-refractivity contribution in [2.75, 3.05) is 14.2 Å². The molecule has 144 valence electrons. The largest absolute Gasteiger partial charge is 0.497 e. The molecule has 0 fully saturated rings. The van der Waals surface area contributed by atoms with Crippen LogP contribution >= 0.6 is 11.3 Å². The minimum absolute atomic E-state index is 0.0186. The van der Waals surface area contributed by atoms with Crippen LogP contribution < -0.4 is 14.3 Å². The topological polar surface area (TPSA) is 96.0 Å². The van der Waals surface area contributed by atoms with Crippen LogP contribution in [0.2, 0.25) is 0 Å². The van der Waals surface area contributed by atoms with Crippen LogP contribution in [0.15, 0.2) is 54.0 Å². The second kappa shape index (κ2) is 8.05. The molecule has 2 aromatic carbocycles. The van der Waals surface area contributed by atoms with E-state index in [2.05, 4.69) is 11.6 Å². The third kappa shape index (κ3) is 3.79. The van der Waals surface area contributed by atoms with Crippen molar-refractivity contribution in [2.24, 2.45) is 4.99 Å². The highest BCUT2D eigenvalue weighted by Gasteiger charge is 2.14. The van der Waals surface area contributed by atoms with Crippen molar-refractivity contribution in [3.05, 3.63) is 69.5 Å². The molecule has 8 nitrogen and oxygen atoms in total. The molecule has 0 N–H and O–H groups in total. The monoisotopic (exact) mass is 399 g/mol. The Hall–Kier alpha value is -3.46. The number of amides is 1. The number of carbonyl (C=O) groups excluding carboxylic acids is 1. The standard InChI is InChI=1S/C19H17N3O5S/c1-4-7-21-16-6-5-13(22(24)25)10-17(16)28-19(21)20-18(23)12-8-14(26-2)11-15(9-12)27-3/h4-6,8-11H,1,7H2,2-3H3. The van der Waals surface area contributed by atoms with Gasteiger partial charge in [0.25, 0.3) is 11.6 Å². The van der Waals surface area contributed by atoms with Gasteiger partial charge in [-0.2, -0.15) is 4.99 Å². The number of hydrogen-bond acceptors (Lipinski definition) is 6. The van der Waals surface area contributed by atoms with Gasteiger partial charge >= 0.3 is 0 Å². The predicted octanol–water partition coefficient (Wildman–Crippen LogP) is 3.56. The van der Waals surface area contributed by atoms with Crippen LogP contribution in [0.25, 0.3) is 10.2 Å². The molecule has 0 bridgehead atoms. The Morgan fingerprint density at radius 1 is 1.25 bits per heavy atom. The summed E-state index contributed by atoms with van der Waals surface area (Å²) in [5, 5.41) is 11.0. The van der Waals surface area contributed by atoms with Crippen molar-refractivity contribution in [1.82, 2.24) is 4.57 Å². The highest BCUT2D eigenvalue weighted by atomic mass is 32.1. The number of benzene rings is 2. The van der Waals surface area contributed by atoms with Crippen molar-refractivity contribution in [3.8, 4) is 11.5 Å². The van der Waals surface area contributed by atoms with E-state index >= 15 is 0 Å². The maximum absolute atomic E-state index is 12.7. The Kier molecular flexibility index (Phi) is 5.55. The lowest BCUT2D eigenvalue weighted by molar-refractivity contribution is -0.384. The Morgan fingerprint density at radius 3 is 2.50 bits per heavy atom. The van der Waals surface area contributed by atoms with Gasteiger partial charge in [-0.05, 0) is 18.2 Å². The van der Waals surface area contributed by atoms with E-state index in [-0.39, 0.29) is 5.69 Å². The molecule has 0 aliphatic heterocycles. The van der Waals surface area contributed by atoms with Crippen LogP contribution in [0, 0.1) is 10.1 Å². The molecule has 0 spiro atoms. The molecule has 3 aromatic rings.